The van der Waals surface area contributed by atoms with Crippen molar-refractivity contribution in [2.24, 2.45) is 0 Å². The smallest absolute Gasteiger partial charge is 0.253 e. The summed E-state index contributed by atoms with van der Waals surface area (Å²) >= 11 is 1.60. The van der Waals surface area contributed by atoms with E-state index in [2.05, 4.69) is 27.4 Å². The molecule has 0 fully saturated rings. The van der Waals surface area contributed by atoms with E-state index < -0.39 is 0 Å². The van der Waals surface area contributed by atoms with Gasteiger partial charge in [0, 0.05) is 43.4 Å². The molecule has 0 unspecified atom stereocenters. The predicted octanol–water partition coefficient (Wildman–Crippen LogP) is 5.61. The van der Waals surface area contributed by atoms with Crippen molar-refractivity contribution in [3.05, 3.63) is 76.8 Å². The number of hydrogen-bond acceptors (Lipinski definition) is 6. The topological polar surface area (TPSA) is 74.6 Å². The maximum absolute atomic E-state index is 13.1. The second-order valence-corrected chi connectivity index (χ2v) is 9.48. The molecule has 1 N–H and O–H groups in total. The summed E-state index contributed by atoms with van der Waals surface area (Å²) in [5.74, 6) is 1.32. The third-order valence-corrected chi connectivity index (χ3v) is 7.17. The van der Waals surface area contributed by atoms with E-state index in [9.17, 15) is 4.79 Å². The largest absolute Gasteiger partial charge is 0.493 e. The second-order valence-electron chi connectivity index (χ2n) is 8.63. The number of thiazole rings is 1. The second kappa shape index (κ2) is 12.6. The van der Waals surface area contributed by atoms with Gasteiger partial charge in [-0.05, 0) is 43.5 Å². The first-order valence-electron chi connectivity index (χ1n) is 12.2. The van der Waals surface area contributed by atoms with Crippen molar-refractivity contribution in [1.29, 1.82) is 0 Å². The van der Waals surface area contributed by atoms with Gasteiger partial charge in [0.05, 0.1) is 31.2 Å². The molecule has 194 valence electrons. The van der Waals surface area contributed by atoms with Gasteiger partial charge in [-0.2, -0.15) is 0 Å². The molecule has 0 saturated heterocycles. The van der Waals surface area contributed by atoms with Gasteiger partial charge in [-0.1, -0.05) is 36.4 Å². The molecule has 0 radical (unpaired) electrons. The molecule has 2 heterocycles. The van der Waals surface area contributed by atoms with Crippen LogP contribution < -0.4 is 14.8 Å². The minimum Gasteiger partial charge on any atom is -0.493 e. The van der Waals surface area contributed by atoms with Gasteiger partial charge in [0.2, 0.25) is 0 Å². The highest BCUT2D eigenvalue weighted by molar-refractivity contribution is 7.13. The van der Waals surface area contributed by atoms with E-state index in [0.29, 0.717) is 36.8 Å². The fourth-order valence-corrected chi connectivity index (χ4v) is 5.09. The molecule has 0 aliphatic rings. The highest BCUT2D eigenvalue weighted by Gasteiger charge is 2.20. The van der Waals surface area contributed by atoms with Crippen LogP contribution in [-0.4, -0.2) is 49.9 Å². The molecule has 7 nitrogen and oxygen atoms in total. The number of benzene rings is 2. The van der Waals surface area contributed by atoms with Gasteiger partial charge >= 0.3 is 0 Å². The van der Waals surface area contributed by atoms with Crippen LogP contribution in [0.2, 0.25) is 0 Å². The Kier molecular flexibility index (Phi) is 8.98. The number of methoxy groups -OCH3 is 3. The Morgan fingerprint density at radius 1 is 1.03 bits per heavy atom. The van der Waals surface area contributed by atoms with Crippen LogP contribution >= 0.6 is 11.3 Å². The van der Waals surface area contributed by atoms with Gasteiger partial charge in [0.25, 0.3) is 5.91 Å². The lowest BCUT2D eigenvalue weighted by Crippen LogP contribution is -2.25. The molecule has 0 aliphatic carbocycles. The molecule has 0 aliphatic heterocycles. The fourth-order valence-electron chi connectivity index (χ4n) is 4.27. The van der Waals surface area contributed by atoms with Crippen LogP contribution in [0.3, 0.4) is 0 Å². The molecular formula is C29H33N3O4S. The molecule has 8 heteroatoms. The molecule has 0 saturated carbocycles. The van der Waals surface area contributed by atoms with E-state index in [1.54, 1.807) is 32.7 Å². The van der Waals surface area contributed by atoms with Gasteiger partial charge in [-0.25, -0.2) is 4.98 Å². The van der Waals surface area contributed by atoms with Crippen LogP contribution in [0.25, 0.3) is 22.0 Å². The molecule has 4 rings (SSSR count). The number of carbonyl (C=O) groups is 1. The average Bonchev–Trinajstić information content (AvgIpc) is 3.55. The first kappa shape index (κ1) is 26.4. The first-order chi connectivity index (χ1) is 18.0. The minimum atomic E-state index is -0.0850. The zero-order valence-electron chi connectivity index (χ0n) is 21.7. The van der Waals surface area contributed by atoms with Crippen LogP contribution in [0, 0.1) is 6.92 Å². The summed E-state index contributed by atoms with van der Waals surface area (Å²) in [6.07, 6.45) is 1.52. The number of nitrogens with zero attached hydrogens (tertiary/aromatic N) is 2. The van der Waals surface area contributed by atoms with E-state index in [0.717, 1.165) is 46.1 Å². The summed E-state index contributed by atoms with van der Waals surface area (Å²) < 4.78 is 18.1. The van der Waals surface area contributed by atoms with Crippen LogP contribution in [0.4, 0.5) is 0 Å². The molecule has 37 heavy (non-hydrogen) atoms. The highest BCUT2D eigenvalue weighted by atomic mass is 32.1. The summed E-state index contributed by atoms with van der Waals surface area (Å²) in [5, 5.41) is 6.03. The lowest BCUT2D eigenvalue weighted by atomic mass is 10.1. The van der Waals surface area contributed by atoms with Gasteiger partial charge in [-0.3, -0.25) is 4.79 Å². The number of amides is 1. The summed E-state index contributed by atoms with van der Waals surface area (Å²) in [7, 11) is 4.93. The molecule has 2 aromatic carbocycles. The van der Waals surface area contributed by atoms with Gasteiger partial charge in [-0.15, -0.1) is 11.3 Å². The lowest BCUT2D eigenvalue weighted by Gasteiger charge is -2.13. The molecule has 0 bridgehead atoms. The lowest BCUT2D eigenvalue weighted by molar-refractivity contribution is 0.0948. The first-order valence-corrected chi connectivity index (χ1v) is 13.1. The Morgan fingerprint density at radius 2 is 1.81 bits per heavy atom. The van der Waals surface area contributed by atoms with Gasteiger partial charge in [0.1, 0.15) is 5.01 Å². The predicted molar refractivity (Wildman–Crippen MR) is 148 cm³/mol. The Balaban J connectivity index is 1.64. The number of nitrogens with one attached hydrogen (secondary N) is 1. The van der Waals surface area contributed by atoms with E-state index in [1.165, 1.54) is 0 Å². The van der Waals surface area contributed by atoms with Crippen molar-refractivity contribution < 1.29 is 19.0 Å². The maximum Gasteiger partial charge on any atom is 0.253 e. The zero-order valence-corrected chi connectivity index (χ0v) is 22.6. The number of carbonyl (C=O) groups excluding carboxylic acids is 1. The molecule has 1 amide bonds. The quantitative estimate of drug-likeness (QED) is 0.246. The third-order valence-electron chi connectivity index (χ3n) is 6.28. The van der Waals surface area contributed by atoms with Crippen LogP contribution in [0.15, 0.2) is 60.0 Å². The normalized spacial score (nSPS) is 10.9. The summed E-state index contributed by atoms with van der Waals surface area (Å²) in [5.41, 5.74) is 5.56. The number of ether oxygens (including phenoxy) is 3. The summed E-state index contributed by atoms with van der Waals surface area (Å²) in [6.45, 7) is 3.85. The average molecular weight is 520 g/mol. The van der Waals surface area contributed by atoms with Crippen molar-refractivity contribution in [2.75, 3.05) is 34.5 Å². The Hall–Kier alpha value is -3.62. The number of rotatable bonds is 12. The van der Waals surface area contributed by atoms with Crippen LogP contribution in [-0.2, 0) is 17.7 Å². The highest BCUT2D eigenvalue weighted by Crippen LogP contribution is 2.32. The Bertz CT molecular complexity index is 1330. The molecule has 0 atom stereocenters. The van der Waals surface area contributed by atoms with Crippen LogP contribution in [0.1, 0.15) is 28.0 Å². The SMILES string of the molecule is COCCCNC(=O)c1cc(-c2csc(-c3ccccc3)n2)n(CCc2ccc(OC)c(OC)c2)c1C. The third kappa shape index (κ3) is 6.21. The summed E-state index contributed by atoms with van der Waals surface area (Å²) in [4.78, 5) is 18.0. The summed E-state index contributed by atoms with van der Waals surface area (Å²) in [6, 6.07) is 18.1. The number of aryl methyl sites for hydroxylation is 1. The standard InChI is InChI=1S/C29H33N3O4S/c1-20-23(28(33)30-14-8-16-34-2)18-25(24-19-37-29(31-24)22-9-6-5-7-10-22)32(20)15-13-21-11-12-26(35-3)27(17-21)36-4/h5-7,9-12,17-19H,8,13-16H2,1-4H3,(H,30,33). The molecule has 4 aromatic rings. The Labute approximate surface area is 222 Å². The molecular weight excluding hydrogens is 486 g/mol. The van der Waals surface area contributed by atoms with E-state index in [1.807, 2.05) is 49.4 Å². The van der Waals surface area contributed by atoms with Crippen molar-refractivity contribution >= 4 is 17.2 Å². The maximum atomic E-state index is 13.1. The van der Waals surface area contributed by atoms with Gasteiger partial charge < -0.3 is 24.1 Å². The van der Waals surface area contributed by atoms with Crippen LogP contribution in [0.5, 0.6) is 11.5 Å². The Morgan fingerprint density at radius 3 is 2.54 bits per heavy atom. The van der Waals surface area contributed by atoms with E-state index in [-0.39, 0.29) is 5.91 Å². The zero-order chi connectivity index (χ0) is 26.2. The van der Waals surface area contributed by atoms with Crippen molar-refractivity contribution in [2.45, 2.75) is 26.3 Å². The van der Waals surface area contributed by atoms with Crippen molar-refractivity contribution in [1.82, 2.24) is 14.9 Å². The van der Waals surface area contributed by atoms with E-state index in [4.69, 9.17) is 19.2 Å². The van der Waals surface area contributed by atoms with Gasteiger partial charge in [0.15, 0.2) is 11.5 Å². The minimum absolute atomic E-state index is 0.0850. The van der Waals surface area contributed by atoms with Crippen molar-refractivity contribution in [3.63, 3.8) is 0 Å². The fraction of sp³-hybridized carbons (Fsp3) is 0.310. The van der Waals surface area contributed by atoms with E-state index >= 15 is 0 Å². The molecule has 2 aromatic heterocycles. The number of aromatic nitrogens is 2. The monoisotopic (exact) mass is 519 g/mol. The molecule has 0 spiro atoms. The number of hydrogen-bond donors (Lipinski definition) is 1. The van der Waals surface area contributed by atoms with Crippen molar-refractivity contribution in [3.8, 4) is 33.5 Å².